The minimum atomic E-state index is -0.636. The van der Waals surface area contributed by atoms with Crippen LogP contribution in [0.2, 0.25) is 0 Å². The topological polar surface area (TPSA) is 71.1 Å². The van der Waals surface area contributed by atoms with Crippen LogP contribution in [-0.4, -0.2) is 22.8 Å². The van der Waals surface area contributed by atoms with Crippen LogP contribution in [0.3, 0.4) is 0 Å². The maximum absolute atomic E-state index is 11.7. The summed E-state index contributed by atoms with van der Waals surface area (Å²) in [6.45, 7) is 2.11. The molecule has 98 valence electrons. The second-order valence-corrected chi connectivity index (χ2v) is 5.53. The first-order chi connectivity index (χ1) is 8.66. The number of rotatable bonds is 2. The zero-order valence-corrected chi connectivity index (χ0v) is 11.1. The SMILES string of the molecule is CC1CCCCC1NC(=O)C(=O)Nc1nccs1. The molecule has 1 saturated carbocycles. The lowest BCUT2D eigenvalue weighted by atomic mass is 9.86. The molecule has 1 fully saturated rings. The molecule has 18 heavy (non-hydrogen) atoms. The van der Waals surface area contributed by atoms with E-state index in [1.165, 1.54) is 17.8 Å². The molecule has 2 unspecified atom stereocenters. The summed E-state index contributed by atoms with van der Waals surface area (Å²) in [7, 11) is 0. The summed E-state index contributed by atoms with van der Waals surface area (Å²) >= 11 is 1.29. The molecule has 2 amide bonds. The molecule has 2 rings (SSSR count). The molecular formula is C12H17N3O2S. The van der Waals surface area contributed by atoms with E-state index in [0.29, 0.717) is 11.0 Å². The fourth-order valence-corrected chi connectivity index (χ4v) is 2.73. The standard InChI is InChI=1S/C12H17N3O2S/c1-8-4-2-3-5-9(8)14-10(16)11(17)15-12-13-6-7-18-12/h6-9H,2-5H2,1H3,(H,14,16)(H,13,15,17). The van der Waals surface area contributed by atoms with Crippen LogP contribution in [0.4, 0.5) is 5.13 Å². The Labute approximate surface area is 110 Å². The van der Waals surface area contributed by atoms with Crippen LogP contribution in [0, 0.1) is 5.92 Å². The van der Waals surface area contributed by atoms with E-state index in [-0.39, 0.29) is 6.04 Å². The van der Waals surface area contributed by atoms with Crippen molar-refractivity contribution in [2.75, 3.05) is 5.32 Å². The van der Waals surface area contributed by atoms with Gasteiger partial charge in [-0.05, 0) is 18.8 Å². The van der Waals surface area contributed by atoms with Crippen molar-refractivity contribution in [1.82, 2.24) is 10.3 Å². The van der Waals surface area contributed by atoms with E-state index >= 15 is 0 Å². The van der Waals surface area contributed by atoms with Crippen molar-refractivity contribution in [3.8, 4) is 0 Å². The highest BCUT2D eigenvalue weighted by Gasteiger charge is 2.25. The van der Waals surface area contributed by atoms with Gasteiger partial charge in [-0.3, -0.25) is 14.9 Å². The predicted molar refractivity (Wildman–Crippen MR) is 70.3 cm³/mol. The number of aromatic nitrogens is 1. The van der Waals surface area contributed by atoms with Crippen LogP contribution < -0.4 is 10.6 Å². The fraction of sp³-hybridized carbons (Fsp3) is 0.583. The van der Waals surface area contributed by atoms with Crippen LogP contribution in [0.15, 0.2) is 11.6 Å². The smallest absolute Gasteiger partial charge is 0.315 e. The average molecular weight is 267 g/mol. The quantitative estimate of drug-likeness (QED) is 0.802. The second-order valence-electron chi connectivity index (χ2n) is 4.63. The zero-order valence-electron chi connectivity index (χ0n) is 10.3. The molecule has 0 aliphatic heterocycles. The minimum Gasteiger partial charge on any atom is -0.345 e. The predicted octanol–water partition coefficient (Wildman–Crippen LogP) is 1.78. The number of carbonyl (C=O) groups excluding carboxylic acids is 2. The summed E-state index contributed by atoms with van der Waals surface area (Å²) in [6, 6.07) is 0.119. The maximum Gasteiger partial charge on any atom is 0.315 e. The Bertz CT molecular complexity index is 419. The van der Waals surface area contributed by atoms with Gasteiger partial charge in [0.2, 0.25) is 0 Å². The van der Waals surface area contributed by atoms with E-state index in [1.807, 2.05) is 0 Å². The largest absolute Gasteiger partial charge is 0.345 e. The lowest BCUT2D eigenvalue weighted by molar-refractivity contribution is -0.137. The van der Waals surface area contributed by atoms with E-state index in [4.69, 9.17) is 0 Å². The van der Waals surface area contributed by atoms with Gasteiger partial charge in [-0.15, -0.1) is 11.3 Å². The van der Waals surface area contributed by atoms with Crippen LogP contribution in [-0.2, 0) is 9.59 Å². The van der Waals surface area contributed by atoms with Gasteiger partial charge in [0.25, 0.3) is 0 Å². The average Bonchev–Trinajstić information content (AvgIpc) is 2.84. The lowest BCUT2D eigenvalue weighted by Crippen LogP contribution is -2.45. The van der Waals surface area contributed by atoms with Crippen LogP contribution >= 0.6 is 11.3 Å². The van der Waals surface area contributed by atoms with Gasteiger partial charge >= 0.3 is 11.8 Å². The van der Waals surface area contributed by atoms with Crippen LogP contribution in [0.25, 0.3) is 0 Å². The third-order valence-electron chi connectivity index (χ3n) is 3.29. The summed E-state index contributed by atoms with van der Waals surface area (Å²) in [5, 5.41) is 7.49. The highest BCUT2D eigenvalue weighted by molar-refractivity contribution is 7.13. The van der Waals surface area contributed by atoms with E-state index in [1.54, 1.807) is 11.6 Å². The highest BCUT2D eigenvalue weighted by Crippen LogP contribution is 2.23. The van der Waals surface area contributed by atoms with Gasteiger partial charge in [-0.25, -0.2) is 4.98 Å². The number of anilines is 1. The van der Waals surface area contributed by atoms with Crippen molar-refractivity contribution in [2.24, 2.45) is 5.92 Å². The monoisotopic (exact) mass is 267 g/mol. The second kappa shape index (κ2) is 5.95. The Kier molecular flexibility index (Phi) is 4.30. The van der Waals surface area contributed by atoms with E-state index in [0.717, 1.165) is 19.3 Å². The van der Waals surface area contributed by atoms with Crippen LogP contribution in [0.1, 0.15) is 32.6 Å². The van der Waals surface area contributed by atoms with Gasteiger partial charge in [0.05, 0.1) is 0 Å². The number of nitrogens with zero attached hydrogens (tertiary/aromatic N) is 1. The molecule has 0 spiro atoms. The molecule has 2 atom stereocenters. The highest BCUT2D eigenvalue weighted by atomic mass is 32.1. The first-order valence-electron chi connectivity index (χ1n) is 6.18. The first kappa shape index (κ1) is 13.0. The molecule has 6 heteroatoms. The Morgan fingerprint density at radius 2 is 2.11 bits per heavy atom. The Hall–Kier alpha value is -1.43. The molecule has 0 aromatic carbocycles. The van der Waals surface area contributed by atoms with E-state index in [9.17, 15) is 9.59 Å². The van der Waals surface area contributed by atoms with Gasteiger partial charge in [0, 0.05) is 17.6 Å². The summed E-state index contributed by atoms with van der Waals surface area (Å²) in [5.74, 6) is -0.762. The lowest BCUT2D eigenvalue weighted by Gasteiger charge is -2.29. The fourth-order valence-electron chi connectivity index (χ4n) is 2.20. The summed E-state index contributed by atoms with van der Waals surface area (Å²) < 4.78 is 0. The number of carbonyl (C=O) groups is 2. The summed E-state index contributed by atoms with van der Waals surface area (Å²) in [5.41, 5.74) is 0. The van der Waals surface area contributed by atoms with Gasteiger partial charge in [0.1, 0.15) is 0 Å². The Morgan fingerprint density at radius 3 is 2.78 bits per heavy atom. The number of nitrogens with one attached hydrogen (secondary N) is 2. The molecule has 1 aromatic rings. The Morgan fingerprint density at radius 1 is 1.33 bits per heavy atom. The van der Waals surface area contributed by atoms with Crippen molar-refractivity contribution in [1.29, 1.82) is 0 Å². The molecule has 1 aliphatic carbocycles. The normalized spacial score (nSPS) is 23.4. The van der Waals surface area contributed by atoms with Crippen molar-refractivity contribution >= 4 is 28.3 Å². The van der Waals surface area contributed by atoms with E-state index in [2.05, 4.69) is 22.5 Å². The number of thiazole rings is 1. The molecular weight excluding hydrogens is 250 g/mol. The zero-order chi connectivity index (χ0) is 13.0. The minimum absolute atomic E-state index is 0.119. The summed E-state index contributed by atoms with van der Waals surface area (Å²) in [4.78, 5) is 27.3. The Balaban J connectivity index is 1.85. The number of amides is 2. The summed E-state index contributed by atoms with van der Waals surface area (Å²) in [6.07, 6.45) is 5.97. The molecule has 1 aliphatic rings. The molecule has 2 N–H and O–H groups in total. The third-order valence-corrected chi connectivity index (χ3v) is 3.98. The molecule has 0 bridgehead atoms. The molecule has 0 radical (unpaired) electrons. The van der Waals surface area contributed by atoms with Crippen LogP contribution in [0.5, 0.6) is 0 Å². The molecule has 1 aromatic heterocycles. The van der Waals surface area contributed by atoms with Gasteiger partial charge in [-0.1, -0.05) is 19.8 Å². The van der Waals surface area contributed by atoms with E-state index < -0.39 is 11.8 Å². The molecule has 0 saturated heterocycles. The maximum atomic E-state index is 11.7. The van der Waals surface area contributed by atoms with Gasteiger partial charge < -0.3 is 5.32 Å². The number of hydrogen-bond acceptors (Lipinski definition) is 4. The molecule has 1 heterocycles. The van der Waals surface area contributed by atoms with Crippen molar-refractivity contribution in [2.45, 2.75) is 38.6 Å². The number of hydrogen-bond donors (Lipinski definition) is 2. The molecule has 5 nitrogen and oxygen atoms in total. The van der Waals surface area contributed by atoms with Crippen molar-refractivity contribution < 1.29 is 9.59 Å². The third kappa shape index (κ3) is 3.29. The van der Waals surface area contributed by atoms with Gasteiger partial charge in [0.15, 0.2) is 5.13 Å². The van der Waals surface area contributed by atoms with Crippen molar-refractivity contribution in [3.63, 3.8) is 0 Å². The van der Waals surface area contributed by atoms with Crippen molar-refractivity contribution in [3.05, 3.63) is 11.6 Å². The first-order valence-corrected chi connectivity index (χ1v) is 7.06. The van der Waals surface area contributed by atoms with Gasteiger partial charge in [-0.2, -0.15) is 0 Å².